The highest BCUT2D eigenvalue weighted by Crippen LogP contribution is 2.02. The number of hydrazone groups is 1. The molecule has 0 amide bonds. The molecule has 9 heteroatoms. The highest BCUT2D eigenvalue weighted by molar-refractivity contribution is 9.10. The molecule has 0 aromatic carbocycles. The fourth-order valence-electron chi connectivity index (χ4n) is 0.738. The molecular weight excluding hydrogens is 286 g/mol. The van der Waals surface area contributed by atoms with Crippen molar-refractivity contribution >= 4 is 39.5 Å². The smallest absolute Gasteiger partial charge is 0.326 e. The number of rotatable bonds is 2. The summed E-state index contributed by atoms with van der Waals surface area (Å²) in [6, 6.07) is 0. The van der Waals surface area contributed by atoms with Gasteiger partial charge in [-0.05, 0) is 28.1 Å². The Labute approximate surface area is 96.9 Å². The zero-order valence-electron chi connectivity index (χ0n) is 7.20. The lowest BCUT2D eigenvalue weighted by Gasteiger charge is -1.96. The topological polar surface area (TPSA) is 116 Å². The van der Waals surface area contributed by atoms with Gasteiger partial charge < -0.3 is 10.7 Å². The third kappa shape index (κ3) is 3.29. The van der Waals surface area contributed by atoms with Gasteiger partial charge in [0, 0.05) is 0 Å². The predicted octanol–water partition coefficient (Wildman–Crippen LogP) is -1.01. The predicted molar refractivity (Wildman–Crippen MR) is 62.9 cm³/mol. The van der Waals surface area contributed by atoms with Gasteiger partial charge in [-0.25, -0.2) is 4.79 Å². The minimum absolute atomic E-state index is 0.0189. The molecule has 0 aliphatic carbocycles. The first-order chi connectivity index (χ1) is 7.00. The molecule has 0 saturated heterocycles. The maximum Gasteiger partial charge on any atom is 0.326 e. The Kier molecular flexibility index (Phi) is 3.74. The first kappa shape index (κ1) is 11.6. The Morgan fingerprint density at radius 1 is 1.53 bits per heavy atom. The van der Waals surface area contributed by atoms with Crippen molar-refractivity contribution < 1.29 is 0 Å². The van der Waals surface area contributed by atoms with Gasteiger partial charge in [-0.3, -0.25) is 15.2 Å². The first-order valence-corrected chi connectivity index (χ1v) is 4.81. The Morgan fingerprint density at radius 2 is 2.20 bits per heavy atom. The molecule has 5 N–H and O–H groups in total. The second-order valence-electron chi connectivity index (χ2n) is 2.37. The Balaban J connectivity index is 3.05. The minimum Gasteiger partial charge on any atom is -0.375 e. The van der Waals surface area contributed by atoms with E-state index in [2.05, 4.69) is 43.7 Å². The van der Waals surface area contributed by atoms with Crippen LogP contribution in [0.25, 0.3) is 0 Å². The molecule has 0 fully saturated rings. The van der Waals surface area contributed by atoms with Crippen LogP contribution in [0.4, 0.5) is 0 Å². The molecule has 0 saturated carbocycles. The van der Waals surface area contributed by atoms with E-state index in [1.54, 1.807) is 0 Å². The summed E-state index contributed by atoms with van der Waals surface area (Å²) in [5.41, 5.74) is 6.44. The molecule has 0 aliphatic heterocycles. The second-order valence-corrected chi connectivity index (χ2v) is 3.60. The quantitative estimate of drug-likeness (QED) is 0.317. The monoisotopic (exact) mass is 291 g/mol. The summed E-state index contributed by atoms with van der Waals surface area (Å²) in [7, 11) is 0. The van der Waals surface area contributed by atoms with Gasteiger partial charge in [0.1, 0.15) is 4.47 Å². The molecular formula is C6H6BrN5O2S. The zero-order chi connectivity index (χ0) is 11.4. The molecule has 0 unspecified atom stereocenters. The van der Waals surface area contributed by atoms with Gasteiger partial charge in [0.05, 0.1) is 11.9 Å². The number of nitrogens with zero attached hydrogens (tertiary/aromatic N) is 1. The van der Waals surface area contributed by atoms with E-state index in [1.807, 2.05) is 4.98 Å². The van der Waals surface area contributed by atoms with E-state index in [9.17, 15) is 9.59 Å². The minimum atomic E-state index is -0.625. The highest BCUT2D eigenvalue weighted by Gasteiger charge is 2.02. The van der Waals surface area contributed by atoms with Crippen LogP contribution in [0, 0.1) is 0 Å². The van der Waals surface area contributed by atoms with E-state index in [1.165, 1.54) is 6.21 Å². The molecule has 1 aromatic heterocycles. The third-order valence-corrected chi connectivity index (χ3v) is 2.16. The largest absolute Gasteiger partial charge is 0.375 e. The standard InChI is InChI=1S/C6H6BrN5O2S/c7-3-2(1-9-12-5(8)15)10-6(14)11-4(3)13/h1H,(H3,8,12,15)(H2,10,11,13,14). The van der Waals surface area contributed by atoms with Crippen LogP contribution < -0.4 is 22.4 Å². The van der Waals surface area contributed by atoms with Crippen LogP contribution in [0.15, 0.2) is 19.2 Å². The lowest BCUT2D eigenvalue weighted by molar-refractivity contribution is 0.998. The summed E-state index contributed by atoms with van der Waals surface area (Å²) in [6.07, 6.45) is 1.21. The number of hydrogen-bond acceptors (Lipinski definition) is 4. The molecule has 80 valence electrons. The highest BCUT2D eigenvalue weighted by atomic mass is 79.9. The van der Waals surface area contributed by atoms with E-state index in [4.69, 9.17) is 5.73 Å². The molecule has 1 heterocycles. The van der Waals surface area contributed by atoms with Crippen LogP contribution in [0.1, 0.15) is 5.69 Å². The Bertz CT molecular complexity index is 519. The molecule has 15 heavy (non-hydrogen) atoms. The van der Waals surface area contributed by atoms with Gasteiger partial charge in [0.15, 0.2) is 5.11 Å². The number of aromatic nitrogens is 2. The van der Waals surface area contributed by atoms with Crippen molar-refractivity contribution in [3.63, 3.8) is 0 Å². The van der Waals surface area contributed by atoms with Gasteiger partial charge in [-0.2, -0.15) is 5.10 Å². The zero-order valence-corrected chi connectivity index (χ0v) is 9.61. The van der Waals surface area contributed by atoms with E-state index < -0.39 is 11.2 Å². The summed E-state index contributed by atoms with van der Waals surface area (Å²) in [5, 5.41) is 3.57. The van der Waals surface area contributed by atoms with Crippen LogP contribution in [-0.4, -0.2) is 21.3 Å². The van der Waals surface area contributed by atoms with Crippen LogP contribution in [-0.2, 0) is 0 Å². The van der Waals surface area contributed by atoms with Crippen LogP contribution >= 0.6 is 28.1 Å². The van der Waals surface area contributed by atoms with Crippen LogP contribution in [0.2, 0.25) is 0 Å². The summed E-state index contributed by atoms with van der Waals surface area (Å²) in [6.45, 7) is 0. The number of halogens is 1. The average Bonchev–Trinajstić information content (AvgIpc) is 2.12. The van der Waals surface area contributed by atoms with Gasteiger partial charge >= 0.3 is 5.69 Å². The van der Waals surface area contributed by atoms with E-state index in [-0.39, 0.29) is 15.3 Å². The first-order valence-electron chi connectivity index (χ1n) is 3.61. The van der Waals surface area contributed by atoms with Crippen molar-refractivity contribution in [3.05, 3.63) is 31.0 Å². The molecule has 0 bridgehead atoms. The van der Waals surface area contributed by atoms with Gasteiger partial charge in [0.25, 0.3) is 5.56 Å². The Hall–Kier alpha value is -1.48. The van der Waals surface area contributed by atoms with E-state index in [0.717, 1.165) is 0 Å². The maximum atomic E-state index is 11.1. The Morgan fingerprint density at radius 3 is 2.80 bits per heavy atom. The number of nitrogens with two attached hydrogens (primary N) is 1. The lowest BCUT2D eigenvalue weighted by Crippen LogP contribution is -2.26. The SMILES string of the molecule is NC(=S)NN=Cc1[nH]c(=O)[nH]c(=O)c1Br. The molecule has 7 nitrogen and oxygen atoms in total. The number of thiocarbonyl (C=S) groups is 1. The average molecular weight is 292 g/mol. The number of hydrogen-bond donors (Lipinski definition) is 4. The van der Waals surface area contributed by atoms with Crippen molar-refractivity contribution in [1.29, 1.82) is 0 Å². The lowest BCUT2D eigenvalue weighted by atomic mass is 10.4. The van der Waals surface area contributed by atoms with Crippen molar-refractivity contribution in [1.82, 2.24) is 15.4 Å². The molecule has 1 aromatic rings. The van der Waals surface area contributed by atoms with E-state index in [0.29, 0.717) is 0 Å². The van der Waals surface area contributed by atoms with Crippen molar-refractivity contribution in [2.24, 2.45) is 10.8 Å². The summed E-state index contributed by atoms with van der Waals surface area (Å²) < 4.78 is 0.163. The molecule has 1 rings (SSSR count). The van der Waals surface area contributed by atoms with Gasteiger partial charge in [0.2, 0.25) is 0 Å². The molecule has 0 atom stereocenters. The summed E-state index contributed by atoms with van der Waals surface area (Å²) in [5.74, 6) is 0. The summed E-state index contributed by atoms with van der Waals surface area (Å²) in [4.78, 5) is 26.4. The maximum absolute atomic E-state index is 11.1. The van der Waals surface area contributed by atoms with Crippen molar-refractivity contribution in [3.8, 4) is 0 Å². The van der Waals surface area contributed by atoms with Gasteiger partial charge in [-0.1, -0.05) is 0 Å². The van der Waals surface area contributed by atoms with Crippen LogP contribution in [0.3, 0.4) is 0 Å². The van der Waals surface area contributed by atoms with Crippen molar-refractivity contribution in [2.75, 3.05) is 0 Å². The van der Waals surface area contributed by atoms with Crippen molar-refractivity contribution in [2.45, 2.75) is 0 Å². The fraction of sp³-hybridized carbons (Fsp3) is 0. The number of H-pyrrole nitrogens is 2. The fourth-order valence-corrected chi connectivity index (χ4v) is 1.09. The molecule has 0 spiro atoms. The molecule has 0 radical (unpaired) electrons. The molecule has 0 aliphatic rings. The van der Waals surface area contributed by atoms with Gasteiger partial charge in [-0.15, -0.1) is 0 Å². The normalized spacial score (nSPS) is 10.5. The second kappa shape index (κ2) is 4.84. The van der Waals surface area contributed by atoms with E-state index >= 15 is 0 Å². The summed E-state index contributed by atoms with van der Waals surface area (Å²) >= 11 is 7.48. The van der Waals surface area contributed by atoms with Crippen LogP contribution in [0.5, 0.6) is 0 Å². The third-order valence-electron chi connectivity index (χ3n) is 1.28. The number of nitrogens with one attached hydrogen (secondary N) is 3. The number of aromatic amines is 2.